The van der Waals surface area contributed by atoms with Gasteiger partial charge in [0.1, 0.15) is 5.75 Å². The van der Waals surface area contributed by atoms with Gasteiger partial charge in [-0.15, -0.1) is 0 Å². The fraction of sp³-hybridized carbons (Fsp3) is 0.200. The van der Waals surface area contributed by atoms with Crippen LogP contribution in [0.4, 0.5) is 0 Å². The molecule has 1 aromatic rings. The molecule has 1 rings (SSSR count). The molecule has 0 radical (unpaired) electrons. The van der Waals surface area contributed by atoms with Crippen LogP contribution in [-0.4, -0.2) is 7.11 Å². The molecule has 0 saturated carbocycles. The Morgan fingerprint density at radius 2 is 2.12 bits per heavy atom. The third-order valence-corrected chi connectivity index (χ3v) is 2.43. The fourth-order valence-corrected chi connectivity index (χ4v) is 1.48. The van der Waals surface area contributed by atoms with Crippen molar-refractivity contribution in [2.24, 2.45) is 0 Å². The van der Waals surface area contributed by atoms with Crippen molar-refractivity contribution >= 4 is 5.57 Å². The molecule has 0 unspecified atom stereocenters. The molecular weight excluding hydrogens is 196 g/mol. The van der Waals surface area contributed by atoms with Crippen LogP contribution in [-0.2, 0) is 0 Å². The number of hydrogen-bond acceptors (Lipinski definition) is 1. The molecule has 0 aromatic heterocycles. The minimum atomic E-state index is 0.908. The zero-order valence-corrected chi connectivity index (χ0v) is 10.2. The van der Waals surface area contributed by atoms with E-state index in [0.717, 1.165) is 22.4 Å². The van der Waals surface area contributed by atoms with Crippen LogP contribution < -0.4 is 4.74 Å². The fourth-order valence-electron chi connectivity index (χ4n) is 1.48. The molecule has 0 fully saturated rings. The summed E-state index contributed by atoms with van der Waals surface area (Å²) in [4.78, 5) is 0. The first kappa shape index (κ1) is 12.3. The number of hydrogen-bond donors (Lipinski definition) is 0. The van der Waals surface area contributed by atoms with Gasteiger partial charge in [0.25, 0.3) is 0 Å². The van der Waals surface area contributed by atoms with E-state index in [0.29, 0.717) is 0 Å². The molecule has 0 aliphatic rings. The van der Waals surface area contributed by atoms with Crippen LogP contribution in [0.5, 0.6) is 5.75 Å². The van der Waals surface area contributed by atoms with Gasteiger partial charge in [-0.3, -0.25) is 0 Å². The summed E-state index contributed by atoms with van der Waals surface area (Å²) in [7, 11) is 1.69. The quantitative estimate of drug-likeness (QED) is 0.684. The topological polar surface area (TPSA) is 9.23 Å². The summed E-state index contributed by atoms with van der Waals surface area (Å²) in [6.45, 7) is 7.85. The molecule has 84 valence electrons. The SMILES string of the molecule is C=C/C(=C\C=C/C)c1ccc(C)c(OC)c1. The van der Waals surface area contributed by atoms with E-state index in [9.17, 15) is 0 Å². The minimum absolute atomic E-state index is 0.908. The first-order valence-electron chi connectivity index (χ1n) is 5.33. The Hall–Kier alpha value is -1.76. The van der Waals surface area contributed by atoms with Crippen LogP contribution in [0.2, 0.25) is 0 Å². The Labute approximate surface area is 97.8 Å². The Morgan fingerprint density at radius 1 is 1.38 bits per heavy atom. The highest BCUT2D eigenvalue weighted by Gasteiger charge is 2.02. The maximum absolute atomic E-state index is 5.31. The zero-order chi connectivity index (χ0) is 12.0. The van der Waals surface area contributed by atoms with Crippen LogP contribution in [0.3, 0.4) is 0 Å². The normalized spacial score (nSPS) is 11.8. The standard InChI is InChI=1S/C15H18O/c1-5-7-8-13(6-2)14-10-9-12(3)15(11-14)16-4/h5-11H,2H2,1,3-4H3/b7-5-,13-8+. The Morgan fingerprint density at radius 3 is 2.69 bits per heavy atom. The van der Waals surface area contributed by atoms with Gasteiger partial charge in [0.15, 0.2) is 0 Å². The largest absolute Gasteiger partial charge is 0.496 e. The lowest BCUT2D eigenvalue weighted by atomic mass is 10.0. The number of ether oxygens (including phenoxy) is 1. The van der Waals surface area contributed by atoms with Gasteiger partial charge >= 0.3 is 0 Å². The second-order valence-corrected chi connectivity index (χ2v) is 3.54. The monoisotopic (exact) mass is 214 g/mol. The molecule has 0 heterocycles. The number of aryl methyl sites for hydroxylation is 1. The number of rotatable bonds is 4. The van der Waals surface area contributed by atoms with Gasteiger partial charge < -0.3 is 4.74 Å². The van der Waals surface area contributed by atoms with Crippen molar-refractivity contribution in [1.29, 1.82) is 0 Å². The van der Waals surface area contributed by atoms with E-state index >= 15 is 0 Å². The van der Waals surface area contributed by atoms with Crippen molar-refractivity contribution in [3.63, 3.8) is 0 Å². The molecule has 0 bridgehead atoms. The van der Waals surface area contributed by atoms with Gasteiger partial charge in [-0.2, -0.15) is 0 Å². The maximum atomic E-state index is 5.31. The van der Waals surface area contributed by atoms with Crippen LogP contribution in [0, 0.1) is 6.92 Å². The van der Waals surface area contributed by atoms with E-state index in [-0.39, 0.29) is 0 Å². The number of methoxy groups -OCH3 is 1. The summed E-state index contributed by atoms with van der Waals surface area (Å²) in [6, 6.07) is 6.17. The zero-order valence-electron chi connectivity index (χ0n) is 10.2. The van der Waals surface area contributed by atoms with E-state index in [4.69, 9.17) is 4.74 Å². The average Bonchev–Trinajstić information content (AvgIpc) is 2.32. The van der Waals surface area contributed by atoms with Crippen LogP contribution in [0.15, 0.2) is 49.1 Å². The van der Waals surface area contributed by atoms with Crippen LogP contribution in [0.25, 0.3) is 5.57 Å². The van der Waals surface area contributed by atoms with Gasteiger partial charge in [0.05, 0.1) is 7.11 Å². The first-order chi connectivity index (χ1) is 7.72. The molecule has 0 atom stereocenters. The molecule has 0 N–H and O–H groups in total. The van der Waals surface area contributed by atoms with Gasteiger partial charge in [-0.1, -0.05) is 43.0 Å². The molecule has 1 nitrogen and oxygen atoms in total. The summed E-state index contributed by atoms with van der Waals surface area (Å²) in [5.74, 6) is 0.908. The van der Waals surface area contributed by atoms with Crippen LogP contribution >= 0.6 is 0 Å². The summed E-state index contributed by atoms with van der Waals surface area (Å²) in [5.41, 5.74) is 3.35. The lowest BCUT2D eigenvalue weighted by Gasteiger charge is -2.08. The van der Waals surface area contributed by atoms with Crippen molar-refractivity contribution in [3.8, 4) is 5.75 Å². The van der Waals surface area contributed by atoms with E-state index < -0.39 is 0 Å². The highest BCUT2D eigenvalue weighted by Crippen LogP contribution is 2.24. The van der Waals surface area contributed by atoms with Crippen molar-refractivity contribution in [1.82, 2.24) is 0 Å². The third-order valence-electron chi connectivity index (χ3n) is 2.43. The van der Waals surface area contributed by atoms with Crippen LogP contribution in [0.1, 0.15) is 18.1 Å². The summed E-state index contributed by atoms with van der Waals surface area (Å²) in [5, 5.41) is 0. The van der Waals surface area contributed by atoms with Crippen molar-refractivity contribution in [2.45, 2.75) is 13.8 Å². The number of allylic oxidation sites excluding steroid dienone is 5. The Balaban J connectivity index is 3.16. The predicted octanol–water partition coefficient (Wildman–Crippen LogP) is 4.15. The third kappa shape index (κ3) is 2.86. The summed E-state index contributed by atoms with van der Waals surface area (Å²) < 4.78 is 5.31. The Bertz CT molecular complexity index is 425. The highest BCUT2D eigenvalue weighted by molar-refractivity contribution is 5.75. The minimum Gasteiger partial charge on any atom is -0.496 e. The molecular formula is C15H18O. The number of benzene rings is 1. The average molecular weight is 214 g/mol. The smallest absolute Gasteiger partial charge is 0.122 e. The lowest BCUT2D eigenvalue weighted by Crippen LogP contribution is -1.89. The van der Waals surface area contributed by atoms with Crippen molar-refractivity contribution in [2.75, 3.05) is 7.11 Å². The second-order valence-electron chi connectivity index (χ2n) is 3.54. The molecule has 0 aliphatic heterocycles. The van der Waals surface area contributed by atoms with Gasteiger partial charge in [0.2, 0.25) is 0 Å². The van der Waals surface area contributed by atoms with Crippen molar-refractivity contribution < 1.29 is 4.74 Å². The molecule has 1 heteroatoms. The molecule has 0 spiro atoms. The van der Waals surface area contributed by atoms with Crippen molar-refractivity contribution in [3.05, 3.63) is 60.2 Å². The first-order valence-corrected chi connectivity index (χ1v) is 5.33. The van der Waals surface area contributed by atoms with E-state index in [1.807, 2.05) is 44.2 Å². The van der Waals surface area contributed by atoms with Gasteiger partial charge in [0, 0.05) is 0 Å². The van der Waals surface area contributed by atoms with Gasteiger partial charge in [-0.25, -0.2) is 0 Å². The highest BCUT2D eigenvalue weighted by atomic mass is 16.5. The Kier molecular flexibility index (Phi) is 4.59. The molecule has 0 amide bonds. The molecule has 0 saturated heterocycles. The van der Waals surface area contributed by atoms with Gasteiger partial charge in [-0.05, 0) is 36.6 Å². The predicted molar refractivity (Wildman–Crippen MR) is 70.7 cm³/mol. The van der Waals surface area contributed by atoms with E-state index in [1.54, 1.807) is 7.11 Å². The second kappa shape index (κ2) is 5.96. The molecule has 16 heavy (non-hydrogen) atoms. The van der Waals surface area contributed by atoms with E-state index in [2.05, 4.69) is 18.7 Å². The van der Waals surface area contributed by atoms with E-state index in [1.165, 1.54) is 0 Å². The maximum Gasteiger partial charge on any atom is 0.122 e. The molecule has 0 aliphatic carbocycles. The summed E-state index contributed by atoms with van der Waals surface area (Å²) >= 11 is 0. The lowest BCUT2D eigenvalue weighted by molar-refractivity contribution is 0.411. The summed E-state index contributed by atoms with van der Waals surface area (Å²) in [6.07, 6.45) is 7.89. The molecule has 1 aromatic carbocycles.